The van der Waals surface area contributed by atoms with Gasteiger partial charge in [-0.05, 0) is 44.2 Å². The zero-order chi connectivity index (χ0) is 14.2. The van der Waals surface area contributed by atoms with Crippen LogP contribution in [0.1, 0.15) is 51.9 Å². The van der Waals surface area contributed by atoms with Gasteiger partial charge in [0, 0.05) is 13.0 Å². The van der Waals surface area contributed by atoms with Gasteiger partial charge in [-0.1, -0.05) is 26.2 Å². The Kier molecular flexibility index (Phi) is 3.85. The highest BCUT2D eigenvalue weighted by molar-refractivity contribution is 6.05. The molecule has 4 nitrogen and oxygen atoms in total. The minimum atomic E-state index is -0.319. The van der Waals surface area contributed by atoms with Crippen molar-refractivity contribution in [2.24, 2.45) is 17.3 Å². The Morgan fingerprint density at radius 1 is 1.25 bits per heavy atom. The average molecular weight is 278 g/mol. The second-order valence-electron chi connectivity index (χ2n) is 7.06. The van der Waals surface area contributed by atoms with Crippen molar-refractivity contribution in [3.63, 3.8) is 0 Å². The van der Waals surface area contributed by atoms with Crippen LogP contribution in [0.25, 0.3) is 0 Å². The lowest BCUT2D eigenvalue weighted by molar-refractivity contribution is -0.143. The van der Waals surface area contributed by atoms with Gasteiger partial charge in [0.15, 0.2) is 0 Å². The molecule has 2 unspecified atom stereocenters. The standard InChI is InChI=1S/C16H26N2O2/c1-12-5-8-17-10-13(12)11-18-14(19)9-16(15(18)20)6-3-2-4-7-16/h12-13,17H,2-11H2,1H3. The smallest absolute Gasteiger partial charge is 0.235 e. The monoisotopic (exact) mass is 278 g/mol. The fourth-order valence-electron chi connectivity index (χ4n) is 4.20. The van der Waals surface area contributed by atoms with Gasteiger partial charge in [-0.3, -0.25) is 14.5 Å². The summed E-state index contributed by atoms with van der Waals surface area (Å²) in [5.41, 5.74) is -0.319. The highest BCUT2D eigenvalue weighted by Gasteiger charge is 2.51. The van der Waals surface area contributed by atoms with Gasteiger partial charge >= 0.3 is 0 Å². The molecule has 2 amide bonds. The van der Waals surface area contributed by atoms with Crippen molar-refractivity contribution in [1.29, 1.82) is 0 Å². The maximum absolute atomic E-state index is 12.8. The van der Waals surface area contributed by atoms with Crippen LogP contribution in [0.15, 0.2) is 0 Å². The zero-order valence-corrected chi connectivity index (χ0v) is 12.5. The van der Waals surface area contributed by atoms with Crippen LogP contribution in [-0.4, -0.2) is 36.3 Å². The molecule has 20 heavy (non-hydrogen) atoms. The maximum Gasteiger partial charge on any atom is 0.235 e. The molecule has 2 saturated heterocycles. The molecule has 0 bridgehead atoms. The summed E-state index contributed by atoms with van der Waals surface area (Å²) in [6, 6.07) is 0. The van der Waals surface area contributed by atoms with Crippen molar-refractivity contribution in [1.82, 2.24) is 10.2 Å². The van der Waals surface area contributed by atoms with Crippen molar-refractivity contribution in [2.45, 2.75) is 51.9 Å². The second kappa shape index (κ2) is 5.47. The zero-order valence-electron chi connectivity index (χ0n) is 12.5. The molecule has 1 spiro atoms. The van der Waals surface area contributed by atoms with E-state index in [0.717, 1.165) is 45.2 Å². The SMILES string of the molecule is CC1CCNCC1CN1C(=O)CC2(CCCCC2)C1=O. The number of amides is 2. The number of hydrogen-bond acceptors (Lipinski definition) is 3. The Hall–Kier alpha value is -0.900. The van der Waals surface area contributed by atoms with E-state index in [2.05, 4.69) is 12.2 Å². The molecule has 3 aliphatic rings. The van der Waals surface area contributed by atoms with Crippen LogP contribution < -0.4 is 5.32 Å². The van der Waals surface area contributed by atoms with Crippen molar-refractivity contribution in [3.05, 3.63) is 0 Å². The largest absolute Gasteiger partial charge is 0.316 e. The van der Waals surface area contributed by atoms with Crippen LogP contribution >= 0.6 is 0 Å². The summed E-state index contributed by atoms with van der Waals surface area (Å²) in [5.74, 6) is 1.24. The van der Waals surface area contributed by atoms with Gasteiger partial charge in [-0.15, -0.1) is 0 Å². The summed E-state index contributed by atoms with van der Waals surface area (Å²) in [7, 11) is 0. The van der Waals surface area contributed by atoms with Crippen LogP contribution in [0.3, 0.4) is 0 Å². The summed E-state index contributed by atoms with van der Waals surface area (Å²) in [6.45, 7) is 4.87. The quantitative estimate of drug-likeness (QED) is 0.785. The van der Waals surface area contributed by atoms with Crippen LogP contribution in [0.5, 0.6) is 0 Å². The molecule has 2 aliphatic heterocycles. The molecular weight excluding hydrogens is 252 g/mol. The molecule has 0 aromatic carbocycles. The highest BCUT2D eigenvalue weighted by Crippen LogP contribution is 2.45. The Morgan fingerprint density at radius 2 is 2.00 bits per heavy atom. The molecule has 0 radical (unpaired) electrons. The van der Waals surface area contributed by atoms with Gasteiger partial charge < -0.3 is 5.32 Å². The normalized spacial score (nSPS) is 34.0. The topological polar surface area (TPSA) is 49.4 Å². The lowest BCUT2D eigenvalue weighted by atomic mass is 9.73. The summed E-state index contributed by atoms with van der Waals surface area (Å²) in [5, 5.41) is 3.39. The van der Waals surface area contributed by atoms with E-state index < -0.39 is 0 Å². The maximum atomic E-state index is 12.8. The van der Waals surface area contributed by atoms with Gasteiger partial charge in [-0.2, -0.15) is 0 Å². The molecule has 2 atom stereocenters. The lowest BCUT2D eigenvalue weighted by Crippen LogP contribution is -2.45. The minimum absolute atomic E-state index is 0.0784. The predicted octanol–water partition coefficient (Wildman–Crippen LogP) is 1.94. The van der Waals surface area contributed by atoms with E-state index in [9.17, 15) is 9.59 Å². The van der Waals surface area contributed by atoms with Crippen molar-refractivity contribution < 1.29 is 9.59 Å². The third kappa shape index (κ3) is 2.39. The van der Waals surface area contributed by atoms with E-state index in [0.29, 0.717) is 24.8 Å². The Morgan fingerprint density at radius 3 is 2.70 bits per heavy atom. The van der Waals surface area contributed by atoms with Gasteiger partial charge in [0.2, 0.25) is 11.8 Å². The Bertz CT molecular complexity index is 401. The number of nitrogens with one attached hydrogen (secondary N) is 1. The summed E-state index contributed by atoms with van der Waals surface area (Å²) in [6.07, 6.45) is 6.89. The number of imide groups is 1. The van der Waals surface area contributed by atoms with Crippen LogP contribution in [0, 0.1) is 17.3 Å². The molecule has 1 N–H and O–H groups in total. The number of piperidine rings is 1. The minimum Gasteiger partial charge on any atom is -0.316 e. The Balaban J connectivity index is 1.70. The molecule has 1 saturated carbocycles. The fourth-order valence-corrected chi connectivity index (χ4v) is 4.20. The van der Waals surface area contributed by atoms with E-state index in [1.165, 1.54) is 6.42 Å². The molecular formula is C16H26N2O2. The van der Waals surface area contributed by atoms with Gasteiger partial charge in [-0.25, -0.2) is 0 Å². The van der Waals surface area contributed by atoms with E-state index in [1.54, 1.807) is 4.90 Å². The highest BCUT2D eigenvalue weighted by atomic mass is 16.2. The first-order valence-corrected chi connectivity index (χ1v) is 8.18. The lowest BCUT2D eigenvalue weighted by Gasteiger charge is -2.34. The van der Waals surface area contributed by atoms with Crippen LogP contribution in [0.2, 0.25) is 0 Å². The van der Waals surface area contributed by atoms with Crippen molar-refractivity contribution in [3.8, 4) is 0 Å². The fraction of sp³-hybridized carbons (Fsp3) is 0.875. The molecule has 0 aromatic heterocycles. The summed E-state index contributed by atoms with van der Waals surface area (Å²) >= 11 is 0. The average Bonchev–Trinajstić information content (AvgIpc) is 2.66. The third-order valence-electron chi connectivity index (χ3n) is 5.70. The third-order valence-corrected chi connectivity index (χ3v) is 5.70. The van der Waals surface area contributed by atoms with E-state index in [4.69, 9.17) is 0 Å². The molecule has 3 fully saturated rings. The van der Waals surface area contributed by atoms with E-state index >= 15 is 0 Å². The molecule has 2 heterocycles. The second-order valence-corrected chi connectivity index (χ2v) is 7.06. The summed E-state index contributed by atoms with van der Waals surface area (Å²) in [4.78, 5) is 26.7. The predicted molar refractivity (Wildman–Crippen MR) is 77.0 cm³/mol. The first-order chi connectivity index (χ1) is 9.62. The Labute approximate surface area is 121 Å². The first-order valence-electron chi connectivity index (χ1n) is 8.18. The number of rotatable bonds is 2. The number of hydrogen-bond donors (Lipinski definition) is 1. The first kappa shape index (κ1) is 14.1. The van der Waals surface area contributed by atoms with Gasteiger partial charge in [0.1, 0.15) is 0 Å². The number of carbonyl (C=O) groups excluding carboxylic acids is 2. The number of likely N-dealkylation sites (tertiary alicyclic amines) is 1. The molecule has 3 rings (SSSR count). The molecule has 112 valence electrons. The molecule has 4 heteroatoms. The van der Waals surface area contributed by atoms with Gasteiger partial charge in [0.25, 0.3) is 0 Å². The number of nitrogens with zero attached hydrogens (tertiary/aromatic N) is 1. The van der Waals surface area contributed by atoms with Crippen molar-refractivity contribution >= 4 is 11.8 Å². The van der Waals surface area contributed by atoms with E-state index in [-0.39, 0.29) is 17.2 Å². The van der Waals surface area contributed by atoms with Crippen LogP contribution in [-0.2, 0) is 9.59 Å². The van der Waals surface area contributed by atoms with Crippen molar-refractivity contribution in [2.75, 3.05) is 19.6 Å². The molecule has 0 aromatic rings. The van der Waals surface area contributed by atoms with Crippen LogP contribution in [0.4, 0.5) is 0 Å². The van der Waals surface area contributed by atoms with Gasteiger partial charge in [0.05, 0.1) is 5.41 Å². The van der Waals surface area contributed by atoms with E-state index in [1.807, 2.05) is 0 Å². The number of carbonyl (C=O) groups is 2. The molecule has 1 aliphatic carbocycles. The summed E-state index contributed by atoms with van der Waals surface area (Å²) < 4.78 is 0.